The van der Waals surface area contributed by atoms with Crippen LogP contribution >= 0.6 is 27.5 Å². The van der Waals surface area contributed by atoms with Crippen LogP contribution in [0.1, 0.15) is 38.7 Å². The Kier molecular flexibility index (Phi) is 10.3. The van der Waals surface area contributed by atoms with E-state index in [0.717, 1.165) is 18.4 Å². The van der Waals surface area contributed by atoms with Crippen molar-refractivity contribution in [3.63, 3.8) is 0 Å². The first-order valence-electron chi connectivity index (χ1n) is 10.2. The summed E-state index contributed by atoms with van der Waals surface area (Å²) >= 11 is 9.31. The number of amides is 2. The van der Waals surface area contributed by atoms with Gasteiger partial charge in [-0.3, -0.25) is 9.59 Å². The van der Waals surface area contributed by atoms with Gasteiger partial charge in [0.1, 0.15) is 17.6 Å². The van der Waals surface area contributed by atoms with Gasteiger partial charge in [0.15, 0.2) is 6.61 Å². The van der Waals surface area contributed by atoms with E-state index in [1.165, 1.54) is 17.0 Å². The molecule has 0 fully saturated rings. The molecule has 1 N–H and O–H groups in total. The summed E-state index contributed by atoms with van der Waals surface area (Å²) in [7, 11) is 0. The van der Waals surface area contributed by atoms with Crippen LogP contribution in [0, 0.1) is 5.82 Å². The first kappa shape index (κ1) is 25.1. The topological polar surface area (TPSA) is 58.6 Å². The second-order valence-corrected chi connectivity index (χ2v) is 8.37. The standard InChI is InChI=1S/C23H27BrClFN2O3/c1-3-5-12-27-23(30)20(4-2)28(14-16-6-9-18(26)10-7-16)22(29)15-31-21-11-8-17(25)13-19(21)24/h6-11,13,20H,3-5,12,14-15H2,1-2H3,(H,27,30). The zero-order chi connectivity index (χ0) is 22.8. The lowest BCUT2D eigenvalue weighted by Crippen LogP contribution is -2.50. The molecule has 0 aliphatic heterocycles. The van der Waals surface area contributed by atoms with Gasteiger partial charge in [0.25, 0.3) is 5.91 Å². The maximum absolute atomic E-state index is 13.3. The minimum atomic E-state index is -0.660. The molecule has 0 saturated heterocycles. The molecule has 0 aliphatic rings. The zero-order valence-electron chi connectivity index (χ0n) is 17.7. The number of carbonyl (C=O) groups excluding carboxylic acids is 2. The number of benzene rings is 2. The van der Waals surface area contributed by atoms with Crippen molar-refractivity contribution in [1.29, 1.82) is 0 Å². The molecule has 168 valence electrons. The van der Waals surface area contributed by atoms with E-state index >= 15 is 0 Å². The van der Waals surface area contributed by atoms with Crippen molar-refractivity contribution >= 4 is 39.3 Å². The molecule has 1 unspecified atom stereocenters. The maximum Gasteiger partial charge on any atom is 0.261 e. The molecule has 0 spiro atoms. The highest BCUT2D eigenvalue weighted by atomic mass is 79.9. The van der Waals surface area contributed by atoms with Crippen molar-refractivity contribution in [2.45, 2.75) is 45.7 Å². The first-order valence-corrected chi connectivity index (χ1v) is 11.4. The predicted molar refractivity (Wildman–Crippen MR) is 124 cm³/mol. The van der Waals surface area contributed by atoms with E-state index in [9.17, 15) is 14.0 Å². The third-order valence-corrected chi connectivity index (χ3v) is 5.58. The third-order valence-electron chi connectivity index (χ3n) is 4.73. The zero-order valence-corrected chi connectivity index (χ0v) is 20.0. The molecule has 31 heavy (non-hydrogen) atoms. The van der Waals surface area contributed by atoms with E-state index in [4.69, 9.17) is 16.3 Å². The van der Waals surface area contributed by atoms with E-state index in [1.54, 1.807) is 30.3 Å². The molecule has 0 heterocycles. The monoisotopic (exact) mass is 512 g/mol. The van der Waals surface area contributed by atoms with Gasteiger partial charge in [-0.05, 0) is 64.7 Å². The van der Waals surface area contributed by atoms with Crippen LogP contribution in [0.25, 0.3) is 0 Å². The highest BCUT2D eigenvalue weighted by Crippen LogP contribution is 2.28. The normalized spacial score (nSPS) is 11.6. The summed E-state index contributed by atoms with van der Waals surface area (Å²) in [6, 6.07) is 10.2. The Labute approximate surface area is 196 Å². The largest absolute Gasteiger partial charge is 0.483 e. The van der Waals surface area contributed by atoms with Gasteiger partial charge < -0.3 is 15.0 Å². The smallest absolute Gasteiger partial charge is 0.261 e. The summed E-state index contributed by atoms with van der Waals surface area (Å²) in [6.07, 6.45) is 2.26. The van der Waals surface area contributed by atoms with Crippen molar-refractivity contribution in [2.24, 2.45) is 0 Å². The van der Waals surface area contributed by atoms with Crippen molar-refractivity contribution < 1.29 is 18.7 Å². The van der Waals surface area contributed by atoms with Crippen LogP contribution in [0.3, 0.4) is 0 Å². The molecule has 2 aromatic carbocycles. The number of hydrogen-bond acceptors (Lipinski definition) is 3. The van der Waals surface area contributed by atoms with Crippen LogP contribution in [-0.4, -0.2) is 35.9 Å². The summed E-state index contributed by atoms with van der Waals surface area (Å²) in [4.78, 5) is 27.4. The fourth-order valence-electron chi connectivity index (χ4n) is 3.03. The Hall–Kier alpha value is -2.12. The fraction of sp³-hybridized carbons (Fsp3) is 0.391. The molecular formula is C23H27BrClFN2O3. The van der Waals surface area contributed by atoms with Gasteiger partial charge in [0.05, 0.1) is 4.47 Å². The Morgan fingerprint density at radius 1 is 1.19 bits per heavy atom. The van der Waals surface area contributed by atoms with Gasteiger partial charge in [-0.25, -0.2) is 4.39 Å². The van der Waals surface area contributed by atoms with Crippen LogP contribution in [-0.2, 0) is 16.1 Å². The van der Waals surface area contributed by atoms with E-state index < -0.39 is 6.04 Å². The van der Waals surface area contributed by atoms with Crippen molar-refractivity contribution in [2.75, 3.05) is 13.2 Å². The molecular weight excluding hydrogens is 487 g/mol. The summed E-state index contributed by atoms with van der Waals surface area (Å²) in [5.74, 6) is -0.440. The summed E-state index contributed by atoms with van der Waals surface area (Å²) in [6.45, 7) is 4.37. The van der Waals surface area contributed by atoms with Crippen molar-refractivity contribution in [1.82, 2.24) is 10.2 Å². The molecule has 0 saturated carbocycles. The van der Waals surface area contributed by atoms with E-state index in [-0.39, 0.29) is 30.8 Å². The number of carbonyl (C=O) groups is 2. The molecule has 2 rings (SSSR count). The third kappa shape index (κ3) is 7.82. The Bertz CT molecular complexity index is 880. The fourth-order valence-corrected chi connectivity index (χ4v) is 3.82. The summed E-state index contributed by atoms with van der Waals surface area (Å²) < 4.78 is 19.6. The van der Waals surface area contributed by atoms with Crippen LogP contribution in [0.4, 0.5) is 4.39 Å². The molecule has 5 nitrogen and oxygen atoms in total. The minimum Gasteiger partial charge on any atom is -0.483 e. The molecule has 1 atom stereocenters. The molecule has 0 aliphatic carbocycles. The number of halogens is 3. The highest BCUT2D eigenvalue weighted by molar-refractivity contribution is 9.10. The molecule has 0 aromatic heterocycles. The lowest BCUT2D eigenvalue weighted by Gasteiger charge is -2.30. The molecule has 2 amide bonds. The van der Waals surface area contributed by atoms with Crippen LogP contribution in [0.5, 0.6) is 5.75 Å². The molecule has 8 heteroatoms. The highest BCUT2D eigenvalue weighted by Gasteiger charge is 2.29. The van der Waals surface area contributed by atoms with Crippen LogP contribution in [0.2, 0.25) is 5.02 Å². The van der Waals surface area contributed by atoms with Gasteiger partial charge in [0, 0.05) is 18.1 Å². The van der Waals surface area contributed by atoms with Gasteiger partial charge in [0.2, 0.25) is 5.91 Å². The van der Waals surface area contributed by atoms with Gasteiger partial charge in [-0.1, -0.05) is 44.0 Å². The van der Waals surface area contributed by atoms with Crippen LogP contribution in [0.15, 0.2) is 46.9 Å². The number of hydrogen-bond donors (Lipinski definition) is 1. The quantitative estimate of drug-likeness (QED) is 0.412. The summed E-state index contributed by atoms with van der Waals surface area (Å²) in [5.41, 5.74) is 0.724. The van der Waals surface area contributed by atoms with Crippen molar-refractivity contribution in [3.05, 3.63) is 63.3 Å². The van der Waals surface area contributed by atoms with E-state index in [0.29, 0.717) is 28.2 Å². The first-order chi connectivity index (χ1) is 14.8. The van der Waals surface area contributed by atoms with E-state index in [1.807, 2.05) is 13.8 Å². The predicted octanol–water partition coefficient (Wildman–Crippen LogP) is 5.34. The minimum absolute atomic E-state index is 0.171. The average Bonchev–Trinajstić information content (AvgIpc) is 2.74. The van der Waals surface area contributed by atoms with Crippen LogP contribution < -0.4 is 10.1 Å². The van der Waals surface area contributed by atoms with E-state index in [2.05, 4.69) is 21.2 Å². The Morgan fingerprint density at radius 3 is 2.52 bits per heavy atom. The van der Waals surface area contributed by atoms with Gasteiger partial charge >= 0.3 is 0 Å². The molecule has 0 radical (unpaired) electrons. The summed E-state index contributed by atoms with van der Waals surface area (Å²) in [5, 5.41) is 3.44. The number of nitrogens with zero attached hydrogens (tertiary/aromatic N) is 1. The Balaban J connectivity index is 2.18. The lowest BCUT2D eigenvalue weighted by molar-refractivity contribution is -0.143. The lowest BCUT2D eigenvalue weighted by atomic mass is 10.1. The average molecular weight is 514 g/mol. The maximum atomic E-state index is 13.3. The SMILES string of the molecule is CCCCNC(=O)C(CC)N(Cc1ccc(F)cc1)C(=O)COc1ccc(Cl)cc1Br. The van der Waals surface area contributed by atoms with Crippen molar-refractivity contribution in [3.8, 4) is 5.75 Å². The second-order valence-electron chi connectivity index (χ2n) is 7.08. The number of unbranched alkanes of at least 4 members (excludes halogenated alkanes) is 1. The van der Waals surface area contributed by atoms with Gasteiger partial charge in [-0.15, -0.1) is 0 Å². The second kappa shape index (κ2) is 12.7. The number of nitrogens with one attached hydrogen (secondary N) is 1. The molecule has 2 aromatic rings. The number of ether oxygens (including phenoxy) is 1. The number of rotatable bonds is 11. The molecule has 0 bridgehead atoms. The van der Waals surface area contributed by atoms with Gasteiger partial charge in [-0.2, -0.15) is 0 Å². The Morgan fingerprint density at radius 2 is 1.90 bits per heavy atom.